The highest BCUT2D eigenvalue weighted by molar-refractivity contribution is 9.11. The lowest BCUT2D eigenvalue weighted by molar-refractivity contribution is -0.662. The predicted molar refractivity (Wildman–Crippen MR) is 147 cm³/mol. The second kappa shape index (κ2) is 11.1. The van der Waals surface area contributed by atoms with Crippen LogP contribution < -0.4 is 15.6 Å². The molecule has 3 aromatic rings. The Morgan fingerprint density at radius 2 is 2.12 bits per heavy atom. The number of nitrogen functional groups attached to an aromatic ring is 1. The van der Waals surface area contributed by atoms with Crippen LogP contribution in [0.5, 0.6) is 0 Å². The Morgan fingerprint density at radius 1 is 1.35 bits per heavy atom. The van der Waals surface area contributed by atoms with Gasteiger partial charge in [0.15, 0.2) is 10.8 Å². The van der Waals surface area contributed by atoms with E-state index in [-0.39, 0.29) is 28.8 Å². The number of thioether (sulfide) groups is 1. The van der Waals surface area contributed by atoms with Gasteiger partial charge in [-0.2, -0.15) is 0 Å². The van der Waals surface area contributed by atoms with Crippen molar-refractivity contribution in [3.8, 4) is 0 Å². The Kier molecular flexibility index (Phi) is 7.72. The zero-order valence-corrected chi connectivity index (χ0v) is 24.0. The molecule has 1 fully saturated rings. The number of fused-ring (bicyclic) bond motifs is 2. The van der Waals surface area contributed by atoms with Crippen molar-refractivity contribution >= 4 is 90.9 Å². The molecular weight excluding hydrogens is 654 g/mol. The van der Waals surface area contributed by atoms with E-state index in [0.29, 0.717) is 14.4 Å². The largest absolute Gasteiger partial charge is 0.479 e. The van der Waals surface area contributed by atoms with Gasteiger partial charge in [-0.05, 0) is 22.0 Å². The van der Waals surface area contributed by atoms with Gasteiger partial charge >= 0.3 is 11.9 Å². The lowest BCUT2D eigenvalue weighted by atomic mass is 10.0. The summed E-state index contributed by atoms with van der Waals surface area (Å²) in [5, 5.41) is 25.0. The maximum atomic E-state index is 13.2. The third-order valence-corrected chi connectivity index (χ3v) is 9.00. The monoisotopic (exact) mass is 670 g/mol. The fraction of sp³-hybridized carbons (Fsp3) is 0.227. The third kappa shape index (κ3) is 5.24. The molecular formula is C22H18BrClN7O7S2+. The number of β-lactam (4-membered cyclic amide) rings is 1. The molecule has 3 aromatic heterocycles. The van der Waals surface area contributed by atoms with Crippen molar-refractivity contribution in [2.45, 2.75) is 18.0 Å². The fourth-order valence-corrected chi connectivity index (χ4v) is 7.07. The van der Waals surface area contributed by atoms with Gasteiger partial charge in [0, 0.05) is 17.4 Å². The highest BCUT2D eigenvalue weighted by atomic mass is 79.9. The van der Waals surface area contributed by atoms with Crippen molar-refractivity contribution in [1.82, 2.24) is 19.6 Å². The minimum atomic E-state index is -1.32. The zero-order valence-electron chi connectivity index (χ0n) is 20.0. The van der Waals surface area contributed by atoms with Crippen molar-refractivity contribution in [3.63, 3.8) is 0 Å². The van der Waals surface area contributed by atoms with Crippen LogP contribution >= 0.6 is 50.6 Å². The van der Waals surface area contributed by atoms with E-state index >= 15 is 0 Å². The summed E-state index contributed by atoms with van der Waals surface area (Å²) < 4.78 is 3.98. The predicted octanol–water partition coefficient (Wildman–Crippen LogP) is 0.926. The molecule has 208 valence electrons. The van der Waals surface area contributed by atoms with E-state index in [1.165, 1.54) is 11.8 Å². The number of aliphatic carboxylic acids is 2. The van der Waals surface area contributed by atoms with Gasteiger partial charge in [0.05, 0.1) is 5.02 Å². The van der Waals surface area contributed by atoms with Gasteiger partial charge in [0.25, 0.3) is 17.5 Å². The van der Waals surface area contributed by atoms with E-state index in [1.54, 1.807) is 35.1 Å². The number of carboxylic acid groups (broad SMARTS) is 2. The van der Waals surface area contributed by atoms with Crippen LogP contribution in [0.25, 0.3) is 5.65 Å². The van der Waals surface area contributed by atoms with Gasteiger partial charge in [-0.15, -0.1) is 11.8 Å². The summed E-state index contributed by atoms with van der Waals surface area (Å²) in [6, 6.07) is 2.45. The smallest absolute Gasteiger partial charge is 0.352 e. The highest BCUT2D eigenvalue weighted by Gasteiger charge is 2.54. The SMILES string of the molecule is Nc1nc(/C(=N/OCC(=O)O)C(=O)N[C@@H]2C(=O)N3C(C(=O)O)=C(C[n+]4ccn5cc(Cl)ccc54)CS[C@H]23)c(Br)s1. The number of hydrogen-bond acceptors (Lipinski definition) is 10. The van der Waals surface area contributed by atoms with Crippen LogP contribution in [0.2, 0.25) is 5.02 Å². The highest BCUT2D eigenvalue weighted by Crippen LogP contribution is 2.40. The van der Waals surface area contributed by atoms with E-state index in [4.69, 9.17) is 27.3 Å². The van der Waals surface area contributed by atoms with Crippen LogP contribution in [-0.4, -0.2) is 77.7 Å². The number of carboxylic acids is 2. The fourth-order valence-electron chi connectivity index (χ4n) is 4.24. The number of thiazole rings is 1. The Balaban J connectivity index is 1.37. The van der Waals surface area contributed by atoms with Crippen molar-refractivity contribution in [2.24, 2.45) is 5.16 Å². The van der Waals surface area contributed by atoms with Crippen LogP contribution in [0.4, 0.5) is 5.13 Å². The van der Waals surface area contributed by atoms with E-state index in [2.05, 4.69) is 31.4 Å². The van der Waals surface area contributed by atoms with Crippen molar-refractivity contribution in [1.29, 1.82) is 0 Å². The number of halogens is 2. The molecule has 0 aromatic carbocycles. The number of rotatable bonds is 9. The first kappa shape index (κ1) is 27.9. The molecule has 2 aliphatic rings. The lowest BCUT2D eigenvalue weighted by Gasteiger charge is -2.49. The summed E-state index contributed by atoms with van der Waals surface area (Å²) >= 11 is 11.6. The molecule has 5 rings (SSSR count). The molecule has 2 amide bonds. The van der Waals surface area contributed by atoms with Gasteiger partial charge in [0.1, 0.15) is 51.7 Å². The molecule has 5 N–H and O–H groups in total. The molecule has 2 aliphatic heterocycles. The molecule has 0 aliphatic carbocycles. The van der Waals surface area contributed by atoms with E-state index in [9.17, 15) is 24.3 Å². The molecule has 5 heterocycles. The Bertz CT molecular complexity index is 1640. The first-order valence-electron chi connectivity index (χ1n) is 11.3. The third-order valence-electron chi connectivity index (χ3n) is 5.90. The van der Waals surface area contributed by atoms with Gasteiger partial charge in [-0.25, -0.2) is 23.5 Å². The van der Waals surface area contributed by atoms with Gasteiger partial charge in [-0.1, -0.05) is 28.1 Å². The Morgan fingerprint density at radius 3 is 2.80 bits per heavy atom. The molecule has 2 atom stereocenters. The number of nitrogens with two attached hydrogens (primary N) is 1. The number of hydrogen-bond donors (Lipinski definition) is 4. The number of carbonyl (C=O) groups is 4. The molecule has 14 nitrogen and oxygen atoms in total. The van der Waals surface area contributed by atoms with E-state index in [0.717, 1.165) is 21.9 Å². The molecule has 0 spiro atoms. The second-order valence-electron chi connectivity index (χ2n) is 8.44. The number of aromatic nitrogens is 3. The summed E-state index contributed by atoms with van der Waals surface area (Å²) in [7, 11) is 0. The van der Waals surface area contributed by atoms with Crippen molar-refractivity contribution < 1.29 is 38.8 Å². The molecule has 0 unspecified atom stereocenters. The van der Waals surface area contributed by atoms with Crippen molar-refractivity contribution in [3.05, 3.63) is 56.5 Å². The number of imidazole rings is 1. The van der Waals surface area contributed by atoms with E-state index in [1.807, 2.05) is 4.57 Å². The molecule has 0 bridgehead atoms. The first-order valence-corrected chi connectivity index (χ1v) is 14.3. The minimum Gasteiger partial charge on any atom is -0.479 e. The number of nitrogens with one attached hydrogen (secondary N) is 1. The average Bonchev–Trinajstić information content (AvgIpc) is 3.45. The molecule has 1 saturated heterocycles. The number of nitrogens with zero attached hydrogens (tertiary/aromatic N) is 5. The maximum absolute atomic E-state index is 13.2. The van der Waals surface area contributed by atoms with Crippen LogP contribution in [0.15, 0.2) is 50.9 Å². The Labute approximate surface area is 246 Å². The van der Waals surface area contributed by atoms with Gasteiger partial charge < -0.3 is 26.1 Å². The second-order valence-corrected chi connectivity index (χ2v) is 12.3. The zero-order chi connectivity index (χ0) is 28.7. The molecule has 0 radical (unpaired) electrons. The summed E-state index contributed by atoms with van der Waals surface area (Å²) in [6.07, 6.45) is 5.29. The average molecular weight is 672 g/mol. The minimum absolute atomic E-state index is 0.00294. The van der Waals surface area contributed by atoms with Crippen LogP contribution in [0.3, 0.4) is 0 Å². The number of pyridine rings is 1. The Hall–Kier alpha value is -3.67. The normalized spacial score (nSPS) is 18.9. The van der Waals surface area contributed by atoms with Crippen LogP contribution in [0.1, 0.15) is 5.69 Å². The van der Waals surface area contributed by atoms with Gasteiger partial charge in [0.2, 0.25) is 6.61 Å². The number of amides is 2. The summed E-state index contributed by atoms with van der Waals surface area (Å²) in [5.74, 6) is -3.80. The summed E-state index contributed by atoms with van der Waals surface area (Å²) in [4.78, 5) is 59.4. The number of oxime groups is 1. The lowest BCUT2D eigenvalue weighted by Crippen LogP contribution is -2.71. The number of carbonyl (C=O) groups excluding carboxylic acids is 2. The van der Waals surface area contributed by atoms with Crippen molar-refractivity contribution in [2.75, 3.05) is 18.1 Å². The van der Waals surface area contributed by atoms with E-state index < -0.39 is 47.5 Å². The molecule has 18 heteroatoms. The molecule has 40 heavy (non-hydrogen) atoms. The van der Waals surface area contributed by atoms with Gasteiger partial charge in [-0.3, -0.25) is 14.5 Å². The van der Waals surface area contributed by atoms with Crippen LogP contribution in [-0.2, 0) is 30.6 Å². The molecule has 0 saturated carbocycles. The maximum Gasteiger partial charge on any atom is 0.352 e. The standard InChI is InChI=1S/C22H17BrClN7O7S2/c23-17-13(27-22(25)40-17)14(28-38-7-12(32)33)18(34)26-15-19(35)31-16(21(36)37)9(8-39-20(15)31)5-29-3-4-30-6-10(24)1-2-11(29)30/h1-4,6,15,20H,5,7-8H2,(H4-,25,26,27,32,33,34,36,37)/p+1/b28-14-/t15-,20-/m1/s1. The van der Waals surface area contributed by atoms with Crippen LogP contribution in [0, 0.1) is 0 Å². The summed E-state index contributed by atoms with van der Waals surface area (Å²) in [6.45, 7) is -0.600. The summed E-state index contributed by atoms with van der Waals surface area (Å²) in [5.41, 5.74) is 6.45. The quantitative estimate of drug-likeness (QED) is 0.110. The first-order chi connectivity index (χ1) is 19.0. The number of anilines is 1. The topological polar surface area (TPSA) is 193 Å².